The van der Waals surface area contributed by atoms with Crippen molar-refractivity contribution in [2.24, 2.45) is 0 Å². The van der Waals surface area contributed by atoms with Gasteiger partial charge in [0.1, 0.15) is 5.82 Å². The Labute approximate surface area is 169 Å². The maximum Gasteiger partial charge on any atom is 0.251 e. The van der Waals surface area contributed by atoms with Crippen LogP contribution in [0.5, 0.6) is 0 Å². The molecule has 6 nitrogen and oxygen atoms in total. The standard InChI is InChI=1S/C22H24FN3O3/c23-18-9-7-17(8-10-18)22(29)24-13-1-3-20(27)25-15-16-5-11-19(12-6-16)26-14-2-4-21(26)28/h5-12H,1-4,13-15H2,(H,24,29)(H,25,27). The molecule has 0 radical (unpaired) electrons. The summed E-state index contributed by atoms with van der Waals surface area (Å²) in [5.74, 6) is -0.628. The summed E-state index contributed by atoms with van der Waals surface area (Å²) in [7, 11) is 0. The summed E-state index contributed by atoms with van der Waals surface area (Å²) in [6.45, 7) is 1.53. The van der Waals surface area contributed by atoms with Gasteiger partial charge in [0.2, 0.25) is 11.8 Å². The van der Waals surface area contributed by atoms with Crippen molar-refractivity contribution < 1.29 is 18.8 Å². The lowest BCUT2D eigenvalue weighted by Crippen LogP contribution is -2.27. The SMILES string of the molecule is O=C(CCCNC(=O)c1ccc(F)cc1)NCc1ccc(N2CCCC2=O)cc1. The smallest absolute Gasteiger partial charge is 0.251 e. The summed E-state index contributed by atoms with van der Waals surface area (Å²) in [5.41, 5.74) is 2.23. The second-order valence-corrected chi connectivity index (χ2v) is 6.96. The van der Waals surface area contributed by atoms with E-state index in [-0.39, 0.29) is 17.7 Å². The molecule has 0 atom stereocenters. The molecule has 2 N–H and O–H groups in total. The number of hydrogen-bond acceptors (Lipinski definition) is 3. The van der Waals surface area contributed by atoms with E-state index in [0.717, 1.165) is 24.2 Å². The molecular weight excluding hydrogens is 373 g/mol. The monoisotopic (exact) mass is 397 g/mol. The zero-order valence-corrected chi connectivity index (χ0v) is 16.1. The van der Waals surface area contributed by atoms with Crippen LogP contribution in [0.1, 0.15) is 41.6 Å². The van der Waals surface area contributed by atoms with Crippen LogP contribution in [0, 0.1) is 5.82 Å². The number of nitrogens with zero attached hydrogens (tertiary/aromatic N) is 1. The minimum atomic E-state index is -0.391. The van der Waals surface area contributed by atoms with Gasteiger partial charge in [-0.15, -0.1) is 0 Å². The Hall–Kier alpha value is -3.22. The maximum atomic E-state index is 12.9. The van der Waals surface area contributed by atoms with Gasteiger partial charge in [-0.05, 0) is 54.8 Å². The molecule has 0 aromatic heterocycles. The van der Waals surface area contributed by atoms with Gasteiger partial charge in [-0.3, -0.25) is 14.4 Å². The molecule has 0 aliphatic carbocycles. The lowest BCUT2D eigenvalue weighted by Gasteiger charge is -2.16. The lowest BCUT2D eigenvalue weighted by atomic mass is 10.2. The van der Waals surface area contributed by atoms with Crippen LogP contribution in [0.4, 0.5) is 10.1 Å². The van der Waals surface area contributed by atoms with Crippen molar-refractivity contribution >= 4 is 23.4 Å². The van der Waals surface area contributed by atoms with Crippen molar-refractivity contribution in [3.05, 3.63) is 65.5 Å². The first-order chi connectivity index (χ1) is 14.0. The molecular formula is C22H24FN3O3. The molecule has 0 bridgehead atoms. The van der Waals surface area contributed by atoms with Crippen molar-refractivity contribution in [3.8, 4) is 0 Å². The minimum Gasteiger partial charge on any atom is -0.352 e. The number of rotatable bonds is 8. The minimum absolute atomic E-state index is 0.0974. The highest BCUT2D eigenvalue weighted by molar-refractivity contribution is 5.95. The van der Waals surface area contributed by atoms with Crippen LogP contribution in [0.3, 0.4) is 0 Å². The fourth-order valence-corrected chi connectivity index (χ4v) is 3.16. The van der Waals surface area contributed by atoms with E-state index in [2.05, 4.69) is 10.6 Å². The van der Waals surface area contributed by atoms with Crippen LogP contribution < -0.4 is 15.5 Å². The molecule has 0 spiro atoms. The van der Waals surface area contributed by atoms with E-state index >= 15 is 0 Å². The summed E-state index contributed by atoms with van der Waals surface area (Å²) in [6.07, 6.45) is 2.29. The normalized spacial score (nSPS) is 13.4. The second kappa shape index (κ2) is 9.82. The number of halogens is 1. The average Bonchev–Trinajstić information content (AvgIpc) is 3.16. The number of anilines is 1. The van der Waals surface area contributed by atoms with Gasteiger partial charge in [-0.2, -0.15) is 0 Å². The van der Waals surface area contributed by atoms with Crippen molar-refractivity contribution in [3.63, 3.8) is 0 Å². The molecule has 2 aromatic rings. The topological polar surface area (TPSA) is 78.5 Å². The summed E-state index contributed by atoms with van der Waals surface area (Å²) in [4.78, 5) is 37.4. The predicted octanol–water partition coefficient (Wildman–Crippen LogP) is 2.78. The Morgan fingerprint density at radius 3 is 2.38 bits per heavy atom. The van der Waals surface area contributed by atoms with Gasteiger partial charge in [0.15, 0.2) is 0 Å². The Morgan fingerprint density at radius 2 is 1.72 bits per heavy atom. The zero-order chi connectivity index (χ0) is 20.6. The van der Waals surface area contributed by atoms with Crippen LogP contribution in [-0.2, 0) is 16.1 Å². The van der Waals surface area contributed by atoms with Gasteiger partial charge in [0.05, 0.1) is 0 Å². The van der Waals surface area contributed by atoms with Crippen LogP contribution in [0.2, 0.25) is 0 Å². The van der Waals surface area contributed by atoms with Crippen molar-refractivity contribution in [1.29, 1.82) is 0 Å². The molecule has 29 heavy (non-hydrogen) atoms. The first-order valence-electron chi connectivity index (χ1n) is 9.73. The van der Waals surface area contributed by atoms with E-state index in [1.165, 1.54) is 24.3 Å². The molecule has 1 aliphatic heterocycles. The summed E-state index contributed by atoms with van der Waals surface area (Å²) >= 11 is 0. The molecule has 1 saturated heterocycles. The first kappa shape index (κ1) is 20.5. The first-order valence-corrected chi connectivity index (χ1v) is 9.73. The van der Waals surface area contributed by atoms with Crippen LogP contribution in [0.15, 0.2) is 48.5 Å². The molecule has 7 heteroatoms. The van der Waals surface area contributed by atoms with E-state index in [1.807, 2.05) is 24.3 Å². The number of nitrogens with one attached hydrogen (secondary N) is 2. The Bertz CT molecular complexity index is 866. The summed E-state index contributed by atoms with van der Waals surface area (Å²) in [6, 6.07) is 12.9. The van der Waals surface area contributed by atoms with Crippen LogP contribution in [-0.4, -0.2) is 30.8 Å². The van der Waals surface area contributed by atoms with Gasteiger partial charge in [0.25, 0.3) is 5.91 Å². The highest BCUT2D eigenvalue weighted by atomic mass is 19.1. The van der Waals surface area contributed by atoms with Gasteiger partial charge in [0, 0.05) is 43.7 Å². The molecule has 1 heterocycles. The van der Waals surface area contributed by atoms with Crippen molar-refractivity contribution in [2.75, 3.05) is 18.0 Å². The third kappa shape index (κ3) is 5.88. The third-order valence-corrected chi connectivity index (χ3v) is 4.78. The number of carbonyl (C=O) groups is 3. The van der Waals surface area contributed by atoms with Crippen molar-refractivity contribution in [1.82, 2.24) is 10.6 Å². The maximum absolute atomic E-state index is 12.9. The number of amides is 3. The van der Waals surface area contributed by atoms with Gasteiger partial charge < -0.3 is 15.5 Å². The van der Waals surface area contributed by atoms with Crippen LogP contribution in [0.25, 0.3) is 0 Å². The van der Waals surface area contributed by atoms with Gasteiger partial charge in [-0.1, -0.05) is 12.1 Å². The Kier molecular flexibility index (Phi) is 6.94. The zero-order valence-electron chi connectivity index (χ0n) is 16.1. The van der Waals surface area contributed by atoms with E-state index < -0.39 is 5.82 Å². The molecule has 3 amide bonds. The highest BCUT2D eigenvalue weighted by Crippen LogP contribution is 2.21. The van der Waals surface area contributed by atoms with E-state index in [9.17, 15) is 18.8 Å². The molecule has 1 fully saturated rings. The fourth-order valence-electron chi connectivity index (χ4n) is 3.16. The number of carbonyl (C=O) groups excluding carboxylic acids is 3. The van der Waals surface area contributed by atoms with Gasteiger partial charge >= 0.3 is 0 Å². The van der Waals surface area contributed by atoms with Gasteiger partial charge in [-0.25, -0.2) is 4.39 Å². The number of benzene rings is 2. The summed E-state index contributed by atoms with van der Waals surface area (Å²) < 4.78 is 12.9. The molecule has 2 aromatic carbocycles. The van der Waals surface area contributed by atoms with Crippen LogP contribution >= 0.6 is 0 Å². The molecule has 0 unspecified atom stereocenters. The molecule has 0 saturated carbocycles. The molecule has 3 rings (SSSR count). The quantitative estimate of drug-likeness (QED) is 0.673. The predicted molar refractivity (Wildman–Crippen MR) is 108 cm³/mol. The van der Waals surface area contributed by atoms with E-state index in [4.69, 9.17) is 0 Å². The van der Waals surface area contributed by atoms with Crippen molar-refractivity contribution in [2.45, 2.75) is 32.2 Å². The average molecular weight is 397 g/mol. The third-order valence-electron chi connectivity index (χ3n) is 4.78. The fraction of sp³-hybridized carbons (Fsp3) is 0.318. The molecule has 152 valence electrons. The Balaban J connectivity index is 1.34. The lowest BCUT2D eigenvalue weighted by molar-refractivity contribution is -0.121. The second-order valence-electron chi connectivity index (χ2n) is 6.96. The van der Waals surface area contributed by atoms with E-state index in [0.29, 0.717) is 37.9 Å². The largest absolute Gasteiger partial charge is 0.352 e. The van der Waals surface area contributed by atoms with E-state index in [1.54, 1.807) is 4.90 Å². The molecule has 1 aliphatic rings. The summed E-state index contributed by atoms with van der Waals surface area (Å²) in [5, 5.41) is 5.56. The number of hydrogen-bond donors (Lipinski definition) is 2. The highest BCUT2D eigenvalue weighted by Gasteiger charge is 2.21. The Morgan fingerprint density at radius 1 is 1.00 bits per heavy atom.